The molecule has 0 amide bonds. The lowest BCUT2D eigenvalue weighted by molar-refractivity contribution is -0.171. The first-order valence-corrected chi connectivity index (χ1v) is 14.3. The SMILES string of the molecule is CC(C)(C)c1cc2c(cc1SC1C(=O)CC(CCc3ccccc3)(c3ccccc3)OC1=O)CCCC2. The highest BCUT2D eigenvalue weighted by molar-refractivity contribution is 8.01. The van der Waals surface area contributed by atoms with E-state index >= 15 is 0 Å². The summed E-state index contributed by atoms with van der Waals surface area (Å²) in [5.41, 5.74) is 5.02. The lowest BCUT2D eigenvalue weighted by atomic mass is 9.81. The molecule has 0 spiro atoms. The first kappa shape index (κ1) is 25.8. The molecule has 3 nitrogen and oxygen atoms in total. The maximum Gasteiger partial charge on any atom is 0.327 e. The number of carbonyl (C=O) groups is 2. The highest BCUT2D eigenvalue weighted by Gasteiger charge is 2.48. The van der Waals surface area contributed by atoms with E-state index in [-0.39, 0.29) is 17.6 Å². The molecule has 2 atom stereocenters. The predicted octanol–water partition coefficient (Wildman–Crippen LogP) is 7.37. The summed E-state index contributed by atoms with van der Waals surface area (Å²) in [5, 5.41) is -0.837. The van der Waals surface area contributed by atoms with Crippen LogP contribution in [0.25, 0.3) is 0 Å². The number of ketones is 1. The van der Waals surface area contributed by atoms with Crippen LogP contribution < -0.4 is 0 Å². The zero-order valence-electron chi connectivity index (χ0n) is 22.1. The largest absolute Gasteiger partial charge is 0.453 e. The fraction of sp³-hybridized carbons (Fsp3) is 0.394. The summed E-state index contributed by atoms with van der Waals surface area (Å²) in [6, 6.07) is 24.5. The van der Waals surface area contributed by atoms with Crippen molar-refractivity contribution in [3.63, 3.8) is 0 Å². The van der Waals surface area contributed by atoms with Gasteiger partial charge in [-0.05, 0) is 77.8 Å². The van der Waals surface area contributed by atoms with Gasteiger partial charge in [0.2, 0.25) is 0 Å². The average Bonchev–Trinajstić information content (AvgIpc) is 2.89. The lowest BCUT2D eigenvalue weighted by Gasteiger charge is -2.39. The van der Waals surface area contributed by atoms with Gasteiger partial charge in [0.05, 0.1) is 6.42 Å². The van der Waals surface area contributed by atoms with Crippen LogP contribution in [0.1, 0.15) is 74.3 Å². The third-order valence-corrected chi connectivity index (χ3v) is 9.00. The summed E-state index contributed by atoms with van der Waals surface area (Å²) in [6.07, 6.45) is 6.08. The first-order chi connectivity index (χ1) is 17.7. The molecule has 2 unspecified atom stereocenters. The number of thioether (sulfide) groups is 1. The number of cyclic esters (lactones) is 1. The quantitative estimate of drug-likeness (QED) is 0.255. The number of fused-ring (bicyclic) bond motifs is 1. The topological polar surface area (TPSA) is 43.4 Å². The van der Waals surface area contributed by atoms with Gasteiger partial charge in [-0.3, -0.25) is 9.59 Å². The molecule has 1 aliphatic carbocycles. The molecule has 1 heterocycles. The van der Waals surface area contributed by atoms with E-state index in [1.807, 2.05) is 48.5 Å². The van der Waals surface area contributed by atoms with Crippen LogP contribution in [0.4, 0.5) is 0 Å². The summed E-state index contributed by atoms with van der Waals surface area (Å²) in [7, 11) is 0. The molecule has 5 rings (SSSR count). The molecule has 1 saturated heterocycles. The van der Waals surface area contributed by atoms with Gasteiger partial charge in [-0.1, -0.05) is 87.5 Å². The average molecular weight is 513 g/mol. The number of Topliss-reactive ketones (excluding diaryl/α,β-unsaturated/α-hetero) is 1. The Morgan fingerprint density at radius 3 is 2.14 bits per heavy atom. The molecule has 2 aliphatic rings. The standard InChI is InChI=1S/C33H36O3S/c1-32(2,3)27-20-24-14-10-11-15-25(24)21-29(27)37-30-28(34)22-33(36-31(30)35,26-16-8-5-9-17-26)19-18-23-12-6-4-7-13-23/h4-9,12-13,16-17,20-21,30H,10-11,14-15,18-19,22H2,1-3H3. The van der Waals surface area contributed by atoms with Crippen molar-refractivity contribution in [1.29, 1.82) is 0 Å². The molecule has 0 N–H and O–H groups in total. The van der Waals surface area contributed by atoms with E-state index < -0.39 is 16.8 Å². The van der Waals surface area contributed by atoms with Crippen LogP contribution in [0.5, 0.6) is 0 Å². The minimum atomic E-state index is -0.939. The van der Waals surface area contributed by atoms with Crippen molar-refractivity contribution >= 4 is 23.5 Å². The molecular weight excluding hydrogens is 476 g/mol. The molecule has 0 radical (unpaired) electrons. The van der Waals surface area contributed by atoms with Crippen LogP contribution in [-0.4, -0.2) is 17.0 Å². The summed E-state index contributed by atoms with van der Waals surface area (Å²) in [4.78, 5) is 28.4. The number of rotatable bonds is 6. The van der Waals surface area contributed by atoms with E-state index in [9.17, 15) is 9.59 Å². The van der Waals surface area contributed by atoms with Gasteiger partial charge in [-0.15, -0.1) is 11.8 Å². The summed E-state index contributed by atoms with van der Waals surface area (Å²) in [5.74, 6) is -0.466. The Morgan fingerprint density at radius 1 is 0.892 bits per heavy atom. The van der Waals surface area contributed by atoms with E-state index in [2.05, 4.69) is 45.0 Å². The van der Waals surface area contributed by atoms with E-state index in [0.29, 0.717) is 6.42 Å². The van der Waals surface area contributed by atoms with Gasteiger partial charge in [0.1, 0.15) is 5.60 Å². The Hall–Kier alpha value is -2.85. The van der Waals surface area contributed by atoms with Gasteiger partial charge < -0.3 is 4.74 Å². The minimum absolute atomic E-state index is 0.0456. The Balaban J connectivity index is 1.44. The predicted molar refractivity (Wildman–Crippen MR) is 150 cm³/mol. The number of ether oxygens (including phenoxy) is 1. The van der Waals surface area contributed by atoms with Crippen molar-refractivity contribution in [1.82, 2.24) is 0 Å². The zero-order chi connectivity index (χ0) is 26.0. The van der Waals surface area contributed by atoms with Crippen molar-refractivity contribution in [3.05, 3.63) is 101 Å². The second-order valence-electron chi connectivity index (χ2n) is 11.5. The summed E-state index contributed by atoms with van der Waals surface area (Å²) < 4.78 is 6.29. The molecule has 3 aromatic carbocycles. The summed E-state index contributed by atoms with van der Waals surface area (Å²) in [6.45, 7) is 6.60. The molecule has 0 saturated carbocycles. The third-order valence-electron chi connectivity index (χ3n) is 7.72. The number of benzene rings is 3. The number of esters is 1. The molecule has 3 aromatic rings. The number of hydrogen-bond acceptors (Lipinski definition) is 4. The smallest absolute Gasteiger partial charge is 0.327 e. The second-order valence-corrected chi connectivity index (χ2v) is 12.6. The fourth-order valence-electron chi connectivity index (χ4n) is 5.65. The maximum absolute atomic E-state index is 13.7. The fourth-order valence-corrected chi connectivity index (χ4v) is 6.97. The number of hydrogen-bond donors (Lipinski definition) is 0. The Kier molecular flexibility index (Phi) is 7.31. The zero-order valence-corrected chi connectivity index (χ0v) is 22.9. The molecule has 4 heteroatoms. The first-order valence-electron chi connectivity index (χ1n) is 13.4. The molecule has 1 aliphatic heterocycles. The molecular formula is C33H36O3S. The molecule has 192 valence electrons. The van der Waals surface area contributed by atoms with Crippen molar-refractivity contribution in [3.8, 4) is 0 Å². The lowest BCUT2D eigenvalue weighted by Crippen LogP contribution is -2.47. The van der Waals surface area contributed by atoms with Gasteiger partial charge in [-0.25, -0.2) is 0 Å². The van der Waals surface area contributed by atoms with Crippen molar-refractivity contribution < 1.29 is 14.3 Å². The van der Waals surface area contributed by atoms with Gasteiger partial charge in [0.25, 0.3) is 0 Å². The molecule has 1 fully saturated rings. The van der Waals surface area contributed by atoms with Crippen LogP contribution in [-0.2, 0) is 44.6 Å². The maximum atomic E-state index is 13.7. The van der Waals surface area contributed by atoms with Gasteiger partial charge in [0.15, 0.2) is 11.0 Å². The molecule has 0 aromatic heterocycles. The van der Waals surface area contributed by atoms with Gasteiger partial charge >= 0.3 is 5.97 Å². The van der Waals surface area contributed by atoms with Crippen molar-refractivity contribution in [2.24, 2.45) is 0 Å². The van der Waals surface area contributed by atoms with Crippen LogP contribution in [0.15, 0.2) is 77.7 Å². The third kappa shape index (κ3) is 5.55. The van der Waals surface area contributed by atoms with E-state index in [1.54, 1.807) is 0 Å². The second kappa shape index (κ2) is 10.5. The van der Waals surface area contributed by atoms with Crippen LogP contribution in [0.3, 0.4) is 0 Å². The van der Waals surface area contributed by atoms with Crippen molar-refractivity contribution in [2.75, 3.05) is 0 Å². The highest BCUT2D eigenvalue weighted by atomic mass is 32.2. The van der Waals surface area contributed by atoms with Crippen LogP contribution in [0.2, 0.25) is 0 Å². The minimum Gasteiger partial charge on any atom is -0.453 e. The van der Waals surface area contributed by atoms with Crippen molar-refractivity contribution in [2.45, 2.75) is 86.9 Å². The van der Waals surface area contributed by atoms with Gasteiger partial charge in [-0.2, -0.15) is 0 Å². The molecule has 37 heavy (non-hydrogen) atoms. The number of carbonyl (C=O) groups excluding carboxylic acids is 2. The van der Waals surface area contributed by atoms with E-state index in [4.69, 9.17) is 4.74 Å². The van der Waals surface area contributed by atoms with Crippen LogP contribution >= 0.6 is 11.8 Å². The van der Waals surface area contributed by atoms with E-state index in [1.165, 1.54) is 46.9 Å². The van der Waals surface area contributed by atoms with E-state index in [0.717, 1.165) is 29.7 Å². The monoisotopic (exact) mass is 512 g/mol. The normalized spacial score (nSPS) is 21.9. The van der Waals surface area contributed by atoms with Gasteiger partial charge in [0, 0.05) is 4.90 Å². The Bertz CT molecular complexity index is 1260. The Morgan fingerprint density at radius 2 is 1.51 bits per heavy atom. The molecule has 0 bridgehead atoms. The Labute approximate surface area is 225 Å². The number of aryl methyl sites for hydroxylation is 3. The highest BCUT2D eigenvalue weighted by Crippen LogP contribution is 2.44. The van der Waals surface area contributed by atoms with Crippen LogP contribution in [0, 0.1) is 0 Å². The summed E-state index contributed by atoms with van der Waals surface area (Å²) >= 11 is 1.39.